The zero-order valence-corrected chi connectivity index (χ0v) is 13.5. The number of nitrogens with zero attached hydrogens (tertiary/aromatic N) is 1. The van der Waals surface area contributed by atoms with E-state index in [4.69, 9.17) is 9.47 Å². The third-order valence-corrected chi connectivity index (χ3v) is 3.75. The summed E-state index contributed by atoms with van der Waals surface area (Å²) in [6, 6.07) is 10.4. The average molecular weight is 348 g/mol. The number of methoxy groups -OCH3 is 2. The first-order valence-corrected chi connectivity index (χ1v) is 7.38. The van der Waals surface area contributed by atoms with Crippen LogP contribution in [0.15, 0.2) is 48.7 Å². The number of nitrogens with one attached hydrogen (secondary N) is 1. The van der Waals surface area contributed by atoms with Gasteiger partial charge in [-0.15, -0.1) is 0 Å². The first-order chi connectivity index (χ1) is 11.9. The van der Waals surface area contributed by atoms with Crippen molar-refractivity contribution in [3.63, 3.8) is 0 Å². The molecule has 1 heterocycles. The lowest BCUT2D eigenvalue weighted by atomic mass is 10.1. The summed E-state index contributed by atoms with van der Waals surface area (Å²) in [7, 11) is 3.01. The summed E-state index contributed by atoms with van der Waals surface area (Å²) >= 11 is 0. The van der Waals surface area contributed by atoms with Crippen LogP contribution in [0.5, 0.6) is 11.5 Å². The lowest BCUT2D eigenvalue weighted by Crippen LogP contribution is -2.09. The molecule has 1 N–H and O–H groups in total. The highest BCUT2D eigenvalue weighted by atomic mass is 19.4. The first kappa shape index (κ1) is 16.9. The molecule has 0 saturated heterocycles. The summed E-state index contributed by atoms with van der Waals surface area (Å²) in [5.74, 6) is 1.30. The lowest BCUT2D eigenvalue weighted by molar-refractivity contribution is -0.136. The van der Waals surface area contributed by atoms with Gasteiger partial charge in [0.15, 0.2) is 11.5 Å². The van der Waals surface area contributed by atoms with E-state index in [1.807, 2.05) is 0 Å². The second kappa shape index (κ2) is 6.51. The molecule has 2 aromatic carbocycles. The summed E-state index contributed by atoms with van der Waals surface area (Å²) in [5.41, 5.74) is -0.820. The molecule has 0 bridgehead atoms. The van der Waals surface area contributed by atoms with Crippen LogP contribution >= 0.6 is 0 Å². The van der Waals surface area contributed by atoms with Crippen molar-refractivity contribution in [2.75, 3.05) is 19.5 Å². The Balaban J connectivity index is 2.12. The molecular weight excluding hydrogens is 333 g/mol. The molecule has 3 aromatic rings. The molecule has 0 fully saturated rings. The highest BCUT2D eigenvalue weighted by molar-refractivity contribution is 5.95. The maximum absolute atomic E-state index is 13.2. The molecule has 0 aliphatic heterocycles. The second-order valence-corrected chi connectivity index (χ2v) is 5.26. The number of hydrogen-bond donors (Lipinski definition) is 1. The number of pyridine rings is 1. The van der Waals surface area contributed by atoms with Crippen molar-refractivity contribution in [3.05, 3.63) is 54.2 Å². The molecular formula is C18H15F3N2O2. The molecule has 4 nitrogen and oxygen atoms in total. The molecule has 0 radical (unpaired) electrons. The van der Waals surface area contributed by atoms with Crippen LogP contribution in [0.25, 0.3) is 10.8 Å². The maximum atomic E-state index is 13.2. The van der Waals surface area contributed by atoms with E-state index in [1.165, 1.54) is 38.6 Å². The zero-order chi connectivity index (χ0) is 18.0. The Morgan fingerprint density at radius 3 is 2.32 bits per heavy atom. The summed E-state index contributed by atoms with van der Waals surface area (Å²) in [5, 5.41) is 4.17. The van der Waals surface area contributed by atoms with E-state index >= 15 is 0 Å². The van der Waals surface area contributed by atoms with Gasteiger partial charge < -0.3 is 14.8 Å². The summed E-state index contributed by atoms with van der Waals surface area (Å²) in [6.45, 7) is 0. The maximum Gasteiger partial charge on any atom is 0.418 e. The Morgan fingerprint density at radius 2 is 1.64 bits per heavy atom. The van der Waals surface area contributed by atoms with Crippen LogP contribution in [-0.2, 0) is 6.18 Å². The van der Waals surface area contributed by atoms with Crippen molar-refractivity contribution in [1.29, 1.82) is 0 Å². The average Bonchev–Trinajstić information content (AvgIpc) is 2.60. The highest BCUT2D eigenvalue weighted by Gasteiger charge is 2.33. The monoisotopic (exact) mass is 348 g/mol. The second-order valence-electron chi connectivity index (χ2n) is 5.26. The van der Waals surface area contributed by atoms with Crippen LogP contribution in [0.1, 0.15) is 5.56 Å². The van der Waals surface area contributed by atoms with Gasteiger partial charge in [0.2, 0.25) is 0 Å². The van der Waals surface area contributed by atoms with E-state index in [0.29, 0.717) is 22.7 Å². The van der Waals surface area contributed by atoms with E-state index in [9.17, 15) is 13.2 Å². The molecule has 0 aliphatic rings. The number of alkyl halides is 3. The SMILES string of the molecule is COc1cc2ccnc(Nc3ccccc3C(F)(F)F)c2cc1OC. The summed E-state index contributed by atoms with van der Waals surface area (Å²) < 4.78 is 50.1. The molecule has 1 aromatic heterocycles. The van der Waals surface area contributed by atoms with Crippen LogP contribution < -0.4 is 14.8 Å². The number of hydrogen-bond acceptors (Lipinski definition) is 4. The van der Waals surface area contributed by atoms with Crippen molar-refractivity contribution in [3.8, 4) is 11.5 Å². The van der Waals surface area contributed by atoms with Gasteiger partial charge in [-0.05, 0) is 35.7 Å². The van der Waals surface area contributed by atoms with E-state index in [-0.39, 0.29) is 5.69 Å². The Kier molecular flexibility index (Phi) is 4.39. The van der Waals surface area contributed by atoms with E-state index in [1.54, 1.807) is 18.2 Å². The number of benzene rings is 2. The number of aromatic nitrogens is 1. The number of rotatable bonds is 4. The van der Waals surface area contributed by atoms with Crippen LogP contribution in [0.2, 0.25) is 0 Å². The van der Waals surface area contributed by atoms with Gasteiger partial charge in [-0.3, -0.25) is 0 Å². The van der Waals surface area contributed by atoms with E-state index in [2.05, 4.69) is 10.3 Å². The first-order valence-electron chi connectivity index (χ1n) is 7.38. The number of anilines is 2. The predicted molar refractivity (Wildman–Crippen MR) is 89.6 cm³/mol. The van der Waals surface area contributed by atoms with Gasteiger partial charge in [0, 0.05) is 11.6 Å². The molecule has 0 aliphatic carbocycles. The molecule has 0 amide bonds. The molecule has 7 heteroatoms. The van der Waals surface area contributed by atoms with Gasteiger partial charge >= 0.3 is 6.18 Å². The molecule has 130 valence electrons. The molecule has 25 heavy (non-hydrogen) atoms. The Morgan fingerprint density at radius 1 is 0.960 bits per heavy atom. The smallest absolute Gasteiger partial charge is 0.418 e. The van der Waals surface area contributed by atoms with Gasteiger partial charge in [0.1, 0.15) is 5.82 Å². The van der Waals surface area contributed by atoms with Crippen molar-refractivity contribution in [2.24, 2.45) is 0 Å². The minimum absolute atomic E-state index is 0.0650. The quantitative estimate of drug-likeness (QED) is 0.719. The van der Waals surface area contributed by atoms with Crippen molar-refractivity contribution in [2.45, 2.75) is 6.18 Å². The van der Waals surface area contributed by atoms with Crippen molar-refractivity contribution < 1.29 is 22.6 Å². The fourth-order valence-corrected chi connectivity index (χ4v) is 2.57. The number of fused-ring (bicyclic) bond motifs is 1. The third kappa shape index (κ3) is 3.31. The van der Waals surface area contributed by atoms with Crippen molar-refractivity contribution >= 4 is 22.3 Å². The Hall–Kier alpha value is -2.96. The van der Waals surface area contributed by atoms with Gasteiger partial charge in [-0.2, -0.15) is 13.2 Å². The number of halogens is 3. The zero-order valence-electron chi connectivity index (χ0n) is 13.5. The fourth-order valence-electron chi connectivity index (χ4n) is 2.57. The Bertz CT molecular complexity index is 910. The summed E-state index contributed by atoms with van der Waals surface area (Å²) in [6.07, 6.45) is -2.94. The molecule has 0 unspecified atom stereocenters. The minimum atomic E-state index is -4.46. The molecule has 0 atom stereocenters. The third-order valence-electron chi connectivity index (χ3n) is 3.75. The van der Waals surface area contributed by atoms with E-state index < -0.39 is 11.7 Å². The van der Waals surface area contributed by atoms with Gasteiger partial charge in [0.05, 0.1) is 25.5 Å². The largest absolute Gasteiger partial charge is 0.493 e. The van der Waals surface area contributed by atoms with Crippen LogP contribution in [0, 0.1) is 0 Å². The minimum Gasteiger partial charge on any atom is -0.493 e. The van der Waals surface area contributed by atoms with Crippen LogP contribution in [0.4, 0.5) is 24.7 Å². The molecule has 0 saturated carbocycles. The molecule has 0 spiro atoms. The number of ether oxygens (including phenoxy) is 2. The number of para-hydroxylation sites is 1. The molecule has 3 rings (SSSR count). The predicted octanol–water partition coefficient (Wildman–Crippen LogP) is 5.01. The van der Waals surface area contributed by atoms with Gasteiger partial charge in [-0.1, -0.05) is 12.1 Å². The van der Waals surface area contributed by atoms with Gasteiger partial charge in [-0.25, -0.2) is 4.98 Å². The fraction of sp³-hybridized carbons (Fsp3) is 0.167. The summed E-state index contributed by atoms with van der Waals surface area (Å²) in [4.78, 5) is 4.18. The van der Waals surface area contributed by atoms with E-state index in [0.717, 1.165) is 11.5 Å². The lowest BCUT2D eigenvalue weighted by Gasteiger charge is -2.16. The van der Waals surface area contributed by atoms with Crippen LogP contribution in [-0.4, -0.2) is 19.2 Å². The normalized spacial score (nSPS) is 11.4. The standard InChI is InChI=1S/C18H15F3N2O2/c1-24-15-9-11-7-8-22-17(12(11)10-16(15)25-2)23-14-6-4-3-5-13(14)18(19,20)21/h3-10H,1-2H3,(H,22,23). The highest BCUT2D eigenvalue weighted by Crippen LogP contribution is 2.38. The van der Waals surface area contributed by atoms with Crippen molar-refractivity contribution in [1.82, 2.24) is 4.98 Å². The van der Waals surface area contributed by atoms with Crippen LogP contribution in [0.3, 0.4) is 0 Å². The topological polar surface area (TPSA) is 43.4 Å². The Labute approximate surface area is 142 Å². The van der Waals surface area contributed by atoms with Gasteiger partial charge in [0.25, 0.3) is 0 Å².